The number of nitrogens with one attached hydrogen (secondary N) is 1. The molecule has 0 bridgehead atoms. The Labute approximate surface area is 205 Å². The highest BCUT2D eigenvalue weighted by atomic mass is 32.1. The van der Waals surface area contributed by atoms with Crippen molar-refractivity contribution < 1.29 is 42.4 Å². The minimum Gasteiger partial charge on any atom is -0.477 e. The van der Waals surface area contributed by atoms with Crippen molar-refractivity contribution in [2.24, 2.45) is 0 Å². The van der Waals surface area contributed by atoms with Gasteiger partial charge in [-0.1, -0.05) is 24.3 Å². The maximum absolute atomic E-state index is 16.0. The molecule has 0 radical (unpaired) electrons. The Morgan fingerprint density at radius 1 is 1.09 bits per heavy atom. The number of carboxylic acid groups (broad SMARTS) is 1. The van der Waals surface area contributed by atoms with Crippen molar-refractivity contribution in [1.29, 1.82) is 0 Å². The predicted octanol–water partition coefficient (Wildman–Crippen LogP) is 4.63. The van der Waals surface area contributed by atoms with Crippen molar-refractivity contribution in [3.05, 3.63) is 65.0 Å². The van der Waals surface area contributed by atoms with E-state index < -0.39 is 31.4 Å². The Bertz CT molecular complexity index is 1200. The third kappa shape index (κ3) is 6.87. The first-order chi connectivity index (χ1) is 16.8. The summed E-state index contributed by atoms with van der Waals surface area (Å²) in [5.41, 5.74) is -0.0112. The van der Waals surface area contributed by atoms with Crippen molar-refractivity contribution in [3.8, 4) is 5.75 Å². The Kier molecular flexibility index (Phi) is 9.36. The van der Waals surface area contributed by atoms with Crippen LogP contribution in [0.3, 0.4) is 0 Å². The Hall–Kier alpha value is -2.82. The van der Waals surface area contributed by atoms with E-state index in [0.717, 1.165) is 11.3 Å². The summed E-state index contributed by atoms with van der Waals surface area (Å²) in [7, 11) is -1.69. The van der Waals surface area contributed by atoms with E-state index >= 15 is 4.39 Å². The number of halogens is 1. The second kappa shape index (κ2) is 12.2. The van der Waals surface area contributed by atoms with Crippen molar-refractivity contribution in [1.82, 2.24) is 5.09 Å². The van der Waals surface area contributed by atoms with E-state index in [1.165, 1.54) is 44.6 Å². The highest BCUT2D eigenvalue weighted by Gasteiger charge is 2.42. The van der Waals surface area contributed by atoms with Crippen molar-refractivity contribution in [2.45, 2.75) is 12.0 Å². The van der Waals surface area contributed by atoms with Crippen LogP contribution in [0.1, 0.15) is 21.1 Å². The van der Waals surface area contributed by atoms with Gasteiger partial charge in [0.1, 0.15) is 23.3 Å². The van der Waals surface area contributed by atoms with Crippen molar-refractivity contribution >= 4 is 40.9 Å². The first-order valence-electron chi connectivity index (χ1n) is 10.4. The molecule has 0 aliphatic rings. The Morgan fingerprint density at radius 2 is 1.83 bits per heavy atom. The van der Waals surface area contributed by atoms with E-state index in [9.17, 15) is 19.3 Å². The zero-order valence-corrected chi connectivity index (χ0v) is 20.7. The van der Waals surface area contributed by atoms with Crippen LogP contribution in [0, 0.1) is 0 Å². The number of thiophene rings is 1. The van der Waals surface area contributed by atoms with Crippen molar-refractivity contribution in [3.63, 3.8) is 0 Å². The number of aromatic carboxylic acids is 1. The first kappa shape index (κ1) is 26.8. The second-order valence-electron chi connectivity index (χ2n) is 7.35. The monoisotopic (exact) mass is 525 g/mol. The fraction of sp³-hybridized carbons (Fsp3) is 0.304. The molecule has 0 fully saturated rings. The van der Waals surface area contributed by atoms with Gasteiger partial charge in [-0.3, -0.25) is 9.36 Å². The number of alkyl halides is 1. The molecular weight excluding hydrogens is 500 g/mol. The number of para-hydroxylation sites is 1. The average Bonchev–Trinajstić information content (AvgIpc) is 3.28. The van der Waals surface area contributed by atoms with Crippen LogP contribution in [0.25, 0.3) is 10.1 Å². The van der Waals surface area contributed by atoms with Gasteiger partial charge >= 0.3 is 19.5 Å². The van der Waals surface area contributed by atoms with Gasteiger partial charge in [0, 0.05) is 18.9 Å². The quantitative estimate of drug-likeness (QED) is 0.187. The lowest BCUT2D eigenvalue weighted by Crippen LogP contribution is -2.41. The van der Waals surface area contributed by atoms with Gasteiger partial charge in [-0.25, -0.2) is 14.3 Å². The molecule has 188 valence electrons. The van der Waals surface area contributed by atoms with Crippen LogP contribution >= 0.6 is 18.9 Å². The molecule has 0 aliphatic heterocycles. The number of esters is 1. The molecule has 2 aromatic carbocycles. The first-order valence-corrected chi connectivity index (χ1v) is 13.0. The van der Waals surface area contributed by atoms with Gasteiger partial charge in [-0.05, 0) is 41.3 Å². The maximum Gasteiger partial charge on any atom is 0.355 e. The number of fused-ring (bicyclic) bond motifs is 1. The van der Waals surface area contributed by atoms with Gasteiger partial charge in [0.15, 0.2) is 0 Å². The SMILES string of the molecule is COCCOC(=O)[C@H](COC)NP(=O)(Oc1ccccc1)[C@@H](F)c1ccc2sc(C(=O)O)cc2c1. The smallest absolute Gasteiger partial charge is 0.355 e. The summed E-state index contributed by atoms with van der Waals surface area (Å²) in [4.78, 5) is 23.9. The van der Waals surface area contributed by atoms with E-state index in [-0.39, 0.29) is 36.0 Å². The molecule has 12 heteroatoms. The zero-order chi connectivity index (χ0) is 25.4. The molecule has 0 spiro atoms. The van der Waals surface area contributed by atoms with E-state index in [1.54, 1.807) is 24.3 Å². The molecule has 0 saturated carbocycles. The van der Waals surface area contributed by atoms with E-state index in [1.807, 2.05) is 0 Å². The topological polar surface area (TPSA) is 120 Å². The minimum atomic E-state index is -4.46. The molecule has 35 heavy (non-hydrogen) atoms. The summed E-state index contributed by atoms with van der Waals surface area (Å²) < 4.78 is 51.2. The molecule has 9 nitrogen and oxygen atoms in total. The predicted molar refractivity (Wildman–Crippen MR) is 129 cm³/mol. The molecule has 3 aromatic rings. The lowest BCUT2D eigenvalue weighted by atomic mass is 10.2. The highest BCUT2D eigenvalue weighted by Crippen LogP contribution is 2.58. The molecular formula is C23H25FNO8PS. The highest BCUT2D eigenvalue weighted by molar-refractivity contribution is 7.57. The summed E-state index contributed by atoms with van der Waals surface area (Å²) in [6.45, 7) is -0.165. The molecule has 3 atom stereocenters. The van der Waals surface area contributed by atoms with Crippen LogP contribution in [-0.4, -0.2) is 57.1 Å². The number of rotatable bonds is 13. The Morgan fingerprint density at radius 3 is 2.49 bits per heavy atom. The number of carbonyl (C=O) groups is 2. The summed E-state index contributed by atoms with van der Waals surface area (Å²) in [5, 5.41) is 12.2. The molecule has 1 aromatic heterocycles. The molecule has 1 heterocycles. The van der Waals surface area contributed by atoms with Gasteiger partial charge in [0.05, 0.1) is 13.2 Å². The van der Waals surface area contributed by atoms with Crippen LogP contribution < -0.4 is 9.61 Å². The number of hydrogen-bond donors (Lipinski definition) is 2. The van der Waals surface area contributed by atoms with E-state index in [2.05, 4.69) is 5.09 Å². The number of benzene rings is 2. The summed E-state index contributed by atoms with van der Waals surface area (Å²) in [5.74, 6) is -3.99. The average molecular weight is 525 g/mol. The number of hydrogen-bond acceptors (Lipinski definition) is 8. The molecule has 0 saturated heterocycles. The number of carbonyl (C=O) groups excluding carboxylic acids is 1. The molecule has 2 N–H and O–H groups in total. The number of carboxylic acids is 1. The van der Waals surface area contributed by atoms with Crippen molar-refractivity contribution in [2.75, 3.05) is 34.0 Å². The largest absolute Gasteiger partial charge is 0.477 e. The fourth-order valence-electron chi connectivity index (χ4n) is 3.16. The lowest BCUT2D eigenvalue weighted by molar-refractivity contribution is -0.148. The normalized spacial score (nSPS) is 14.7. The van der Waals surface area contributed by atoms with Crippen LogP contribution in [0.15, 0.2) is 54.6 Å². The molecule has 0 aliphatic carbocycles. The van der Waals surface area contributed by atoms with Crippen LogP contribution in [0.2, 0.25) is 0 Å². The van der Waals surface area contributed by atoms with Gasteiger partial charge < -0.3 is 23.8 Å². The summed E-state index contributed by atoms with van der Waals surface area (Å²) >= 11 is 1.04. The standard InChI is InChI=1S/C23H25FNO8PS/c1-30-10-11-32-23(28)18(14-31-2)25-34(29,33-17-6-4-3-5-7-17)21(24)15-8-9-19-16(12-15)13-20(35-19)22(26)27/h3-9,12-13,18,21H,10-11,14H2,1-2H3,(H,25,29)(H,26,27)/t18-,21+,34?/m0/s1. The fourth-order valence-corrected chi connectivity index (χ4v) is 5.92. The van der Waals surface area contributed by atoms with Gasteiger partial charge in [0.2, 0.25) is 5.91 Å². The number of ether oxygens (including phenoxy) is 3. The number of methoxy groups -OCH3 is 2. The summed E-state index contributed by atoms with van der Waals surface area (Å²) in [6, 6.07) is 12.5. The van der Waals surface area contributed by atoms with Crippen LogP contribution in [-0.2, 0) is 23.6 Å². The zero-order valence-electron chi connectivity index (χ0n) is 19.0. The molecule has 1 unspecified atom stereocenters. The third-order valence-electron chi connectivity index (χ3n) is 4.79. The third-order valence-corrected chi connectivity index (χ3v) is 7.95. The molecule has 0 amide bonds. The van der Waals surface area contributed by atoms with Gasteiger partial charge in [-0.2, -0.15) is 0 Å². The second-order valence-corrected chi connectivity index (χ2v) is 10.5. The summed E-state index contributed by atoms with van der Waals surface area (Å²) in [6.07, 6.45) is 0. The minimum absolute atomic E-state index is 0.0112. The lowest BCUT2D eigenvalue weighted by Gasteiger charge is -2.27. The van der Waals surface area contributed by atoms with Crippen LogP contribution in [0.4, 0.5) is 4.39 Å². The molecule has 3 rings (SSSR count). The van der Waals surface area contributed by atoms with Crippen LogP contribution in [0.5, 0.6) is 5.75 Å². The van der Waals surface area contributed by atoms with Gasteiger partial charge in [0.25, 0.3) is 0 Å². The van der Waals surface area contributed by atoms with E-state index in [0.29, 0.717) is 10.1 Å². The van der Waals surface area contributed by atoms with Gasteiger partial charge in [-0.15, -0.1) is 11.3 Å². The van der Waals surface area contributed by atoms with E-state index in [4.69, 9.17) is 18.7 Å². The maximum atomic E-state index is 16.0. The Balaban J connectivity index is 1.95.